The summed E-state index contributed by atoms with van der Waals surface area (Å²) >= 11 is 0. The third-order valence-corrected chi connectivity index (χ3v) is 6.10. The molecule has 2 nitrogen and oxygen atoms in total. The first-order valence-electron chi connectivity index (χ1n) is 9.41. The highest BCUT2D eigenvalue weighted by molar-refractivity contribution is 4.90. The Kier molecular flexibility index (Phi) is 6.55. The van der Waals surface area contributed by atoms with Crippen molar-refractivity contribution in [2.24, 2.45) is 23.2 Å². The molecule has 1 heterocycles. The van der Waals surface area contributed by atoms with Gasteiger partial charge in [-0.2, -0.15) is 0 Å². The van der Waals surface area contributed by atoms with E-state index in [1.165, 1.54) is 71.1 Å². The molecule has 3 unspecified atom stereocenters. The van der Waals surface area contributed by atoms with E-state index in [0.717, 1.165) is 17.8 Å². The van der Waals surface area contributed by atoms with Gasteiger partial charge >= 0.3 is 0 Å². The van der Waals surface area contributed by atoms with Gasteiger partial charge in [0.15, 0.2) is 0 Å². The van der Waals surface area contributed by atoms with Crippen LogP contribution in [0.5, 0.6) is 0 Å². The second-order valence-corrected chi connectivity index (χ2v) is 8.44. The highest BCUT2D eigenvalue weighted by Crippen LogP contribution is 2.40. The standard InChI is InChI=1S/C19H38N2/c1-16(2)18-8-6-11-21(12-9-18)15-19(14-20-4)10-5-7-17(3)13-19/h16-18,20H,5-15H2,1-4H3. The van der Waals surface area contributed by atoms with E-state index in [1.807, 2.05) is 0 Å². The van der Waals surface area contributed by atoms with Crippen molar-refractivity contribution in [1.29, 1.82) is 0 Å². The van der Waals surface area contributed by atoms with Gasteiger partial charge in [-0.25, -0.2) is 0 Å². The van der Waals surface area contributed by atoms with Crippen LogP contribution in [0.15, 0.2) is 0 Å². The van der Waals surface area contributed by atoms with E-state index < -0.39 is 0 Å². The largest absolute Gasteiger partial charge is 0.319 e. The molecule has 3 atom stereocenters. The molecule has 0 spiro atoms. The smallest absolute Gasteiger partial charge is 0.00502 e. The van der Waals surface area contributed by atoms with Crippen molar-refractivity contribution in [1.82, 2.24) is 10.2 Å². The molecule has 2 fully saturated rings. The molecule has 0 aromatic rings. The van der Waals surface area contributed by atoms with Gasteiger partial charge in [0.1, 0.15) is 0 Å². The molecule has 0 amide bonds. The number of rotatable bonds is 5. The van der Waals surface area contributed by atoms with Gasteiger partial charge in [0.05, 0.1) is 0 Å². The quantitative estimate of drug-likeness (QED) is 0.819. The third kappa shape index (κ3) is 4.96. The average Bonchev–Trinajstić information content (AvgIpc) is 2.64. The van der Waals surface area contributed by atoms with E-state index >= 15 is 0 Å². The summed E-state index contributed by atoms with van der Waals surface area (Å²) in [7, 11) is 2.14. The molecule has 0 aromatic carbocycles. The topological polar surface area (TPSA) is 15.3 Å². The molecule has 1 saturated carbocycles. The van der Waals surface area contributed by atoms with Gasteiger partial charge in [0.25, 0.3) is 0 Å². The second-order valence-electron chi connectivity index (χ2n) is 8.44. The molecule has 1 aliphatic heterocycles. The van der Waals surface area contributed by atoms with Crippen LogP contribution in [0.1, 0.15) is 65.7 Å². The Morgan fingerprint density at radius 2 is 1.95 bits per heavy atom. The van der Waals surface area contributed by atoms with E-state index in [1.54, 1.807) is 0 Å². The van der Waals surface area contributed by atoms with E-state index in [2.05, 4.69) is 38.0 Å². The van der Waals surface area contributed by atoms with Crippen molar-refractivity contribution in [3.05, 3.63) is 0 Å². The number of likely N-dealkylation sites (tertiary alicyclic amines) is 1. The zero-order chi connectivity index (χ0) is 15.3. The van der Waals surface area contributed by atoms with Crippen LogP contribution in [-0.4, -0.2) is 38.1 Å². The van der Waals surface area contributed by atoms with Gasteiger partial charge in [-0.15, -0.1) is 0 Å². The van der Waals surface area contributed by atoms with Crippen LogP contribution in [0, 0.1) is 23.2 Å². The maximum Gasteiger partial charge on any atom is 0.00502 e. The van der Waals surface area contributed by atoms with Gasteiger partial charge in [0.2, 0.25) is 0 Å². The van der Waals surface area contributed by atoms with Crippen LogP contribution in [0.25, 0.3) is 0 Å². The summed E-state index contributed by atoms with van der Waals surface area (Å²) in [5, 5.41) is 3.50. The summed E-state index contributed by atoms with van der Waals surface area (Å²) in [6.45, 7) is 12.5. The number of nitrogens with one attached hydrogen (secondary N) is 1. The zero-order valence-corrected chi connectivity index (χ0v) is 15.0. The van der Waals surface area contributed by atoms with Gasteiger partial charge in [-0.05, 0) is 75.4 Å². The highest BCUT2D eigenvalue weighted by Gasteiger charge is 2.36. The first-order chi connectivity index (χ1) is 10.0. The minimum atomic E-state index is 0.546. The minimum absolute atomic E-state index is 0.546. The fraction of sp³-hybridized carbons (Fsp3) is 1.00. The molecule has 2 rings (SSSR count). The molecule has 2 aliphatic rings. The predicted octanol–water partition coefficient (Wildman–Crippen LogP) is 4.16. The van der Waals surface area contributed by atoms with Gasteiger partial charge < -0.3 is 10.2 Å². The predicted molar refractivity (Wildman–Crippen MR) is 92.6 cm³/mol. The Balaban J connectivity index is 1.93. The van der Waals surface area contributed by atoms with Crippen molar-refractivity contribution in [3.8, 4) is 0 Å². The Labute approximate surface area is 133 Å². The Bertz CT molecular complexity index is 298. The van der Waals surface area contributed by atoms with Crippen molar-refractivity contribution in [2.45, 2.75) is 65.7 Å². The molecule has 1 saturated heterocycles. The number of hydrogen-bond acceptors (Lipinski definition) is 2. The van der Waals surface area contributed by atoms with E-state index in [-0.39, 0.29) is 0 Å². The summed E-state index contributed by atoms with van der Waals surface area (Å²) in [5.74, 6) is 2.74. The lowest BCUT2D eigenvalue weighted by molar-refractivity contribution is 0.0825. The van der Waals surface area contributed by atoms with Crippen LogP contribution >= 0.6 is 0 Å². The first kappa shape index (κ1) is 17.3. The van der Waals surface area contributed by atoms with Crippen molar-refractivity contribution < 1.29 is 0 Å². The average molecular weight is 295 g/mol. The molecular weight excluding hydrogens is 256 g/mol. The normalized spacial score (nSPS) is 35.9. The molecule has 1 aliphatic carbocycles. The minimum Gasteiger partial charge on any atom is -0.319 e. The first-order valence-corrected chi connectivity index (χ1v) is 9.41. The Morgan fingerprint density at radius 1 is 1.14 bits per heavy atom. The lowest BCUT2D eigenvalue weighted by atomic mass is 9.69. The van der Waals surface area contributed by atoms with Crippen LogP contribution in [-0.2, 0) is 0 Å². The second kappa shape index (κ2) is 7.97. The summed E-state index contributed by atoms with van der Waals surface area (Å²) < 4.78 is 0. The Hall–Kier alpha value is -0.0800. The van der Waals surface area contributed by atoms with Crippen molar-refractivity contribution in [3.63, 3.8) is 0 Å². The monoisotopic (exact) mass is 294 g/mol. The lowest BCUT2D eigenvalue weighted by Gasteiger charge is -2.43. The summed E-state index contributed by atoms with van der Waals surface area (Å²) in [4.78, 5) is 2.80. The van der Waals surface area contributed by atoms with E-state index in [0.29, 0.717) is 5.41 Å². The summed E-state index contributed by atoms with van der Waals surface area (Å²) in [5.41, 5.74) is 0.546. The molecule has 0 bridgehead atoms. The summed E-state index contributed by atoms with van der Waals surface area (Å²) in [6.07, 6.45) is 10.0. The van der Waals surface area contributed by atoms with Gasteiger partial charge in [-0.1, -0.05) is 33.6 Å². The molecular formula is C19H38N2. The lowest BCUT2D eigenvalue weighted by Crippen LogP contribution is -2.46. The molecule has 0 radical (unpaired) electrons. The summed E-state index contributed by atoms with van der Waals surface area (Å²) in [6, 6.07) is 0. The molecule has 1 N–H and O–H groups in total. The highest BCUT2D eigenvalue weighted by atomic mass is 15.1. The van der Waals surface area contributed by atoms with Crippen LogP contribution in [0.4, 0.5) is 0 Å². The van der Waals surface area contributed by atoms with E-state index in [9.17, 15) is 0 Å². The molecule has 21 heavy (non-hydrogen) atoms. The van der Waals surface area contributed by atoms with Gasteiger partial charge in [0, 0.05) is 13.1 Å². The van der Waals surface area contributed by atoms with Crippen LogP contribution in [0.3, 0.4) is 0 Å². The fourth-order valence-electron chi connectivity index (χ4n) is 4.98. The Morgan fingerprint density at radius 3 is 2.62 bits per heavy atom. The fourth-order valence-corrected chi connectivity index (χ4v) is 4.98. The van der Waals surface area contributed by atoms with Crippen molar-refractivity contribution in [2.75, 3.05) is 33.2 Å². The van der Waals surface area contributed by atoms with Crippen LogP contribution in [0.2, 0.25) is 0 Å². The maximum atomic E-state index is 3.50. The maximum absolute atomic E-state index is 3.50. The molecule has 0 aromatic heterocycles. The SMILES string of the molecule is CNCC1(CN2CCCC(C(C)C)CC2)CCCC(C)C1. The number of hydrogen-bond donors (Lipinski definition) is 1. The van der Waals surface area contributed by atoms with Crippen LogP contribution < -0.4 is 5.32 Å². The van der Waals surface area contributed by atoms with Gasteiger partial charge in [-0.3, -0.25) is 0 Å². The zero-order valence-electron chi connectivity index (χ0n) is 15.0. The van der Waals surface area contributed by atoms with Crippen molar-refractivity contribution >= 4 is 0 Å². The third-order valence-electron chi connectivity index (χ3n) is 6.10. The van der Waals surface area contributed by atoms with E-state index in [4.69, 9.17) is 0 Å². The molecule has 124 valence electrons. The number of nitrogens with zero attached hydrogens (tertiary/aromatic N) is 1. The molecule has 2 heteroatoms.